The van der Waals surface area contributed by atoms with Gasteiger partial charge in [0, 0.05) is 19.3 Å². The van der Waals surface area contributed by atoms with Crippen molar-refractivity contribution in [3.8, 4) is 6.07 Å². The lowest BCUT2D eigenvalue weighted by molar-refractivity contribution is 0.659. The van der Waals surface area contributed by atoms with Gasteiger partial charge in [-0.25, -0.2) is 4.98 Å². The van der Waals surface area contributed by atoms with E-state index in [4.69, 9.17) is 5.26 Å². The fourth-order valence-electron chi connectivity index (χ4n) is 1.80. The van der Waals surface area contributed by atoms with Gasteiger partial charge in [-0.3, -0.25) is 0 Å². The molecular formula is C11H13N3. The van der Waals surface area contributed by atoms with E-state index in [0.717, 1.165) is 24.8 Å². The molecule has 2 rings (SSSR count). The van der Waals surface area contributed by atoms with Gasteiger partial charge < -0.3 is 4.90 Å². The molecule has 0 saturated carbocycles. The van der Waals surface area contributed by atoms with Crippen molar-refractivity contribution < 1.29 is 0 Å². The number of hydrogen-bond donors (Lipinski definition) is 0. The van der Waals surface area contributed by atoms with E-state index in [9.17, 15) is 0 Å². The second-order valence-corrected chi connectivity index (χ2v) is 3.85. The van der Waals surface area contributed by atoms with Crippen molar-refractivity contribution in [3.63, 3.8) is 0 Å². The largest absolute Gasteiger partial charge is 0.356 e. The number of pyridine rings is 1. The Kier molecular flexibility index (Phi) is 2.36. The van der Waals surface area contributed by atoms with E-state index in [1.165, 1.54) is 6.42 Å². The summed E-state index contributed by atoms with van der Waals surface area (Å²) in [5, 5.41) is 8.76. The number of anilines is 1. The standard InChI is InChI=1S/C11H13N3/c1-9-3-5-14(8-9)11-6-10(7-12)2-4-13-11/h2,4,6,9H,3,5,8H2,1H3. The summed E-state index contributed by atoms with van der Waals surface area (Å²) in [5.74, 6) is 1.68. The van der Waals surface area contributed by atoms with Crippen molar-refractivity contribution in [1.29, 1.82) is 5.26 Å². The van der Waals surface area contributed by atoms with Gasteiger partial charge in [-0.05, 0) is 24.5 Å². The van der Waals surface area contributed by atoms with Crippen LogP contribution in [0.1, 0.15) is 18.9 Å². The van der Waals surface area contributed by atoms with Crippen LogP contribution in [0.2, 0.25) is 0 Å². The third-order valence-corrected chi connectivity index (χ3v) is 2.62. The quantitative estimate of drug-likeness (QED) is 0.673. The minimum absolute atomic E-state index is 0.689. The minimum Gasteiger partial charge on any atom is -0.356 e. The van der Waals surface area contributed by atoms with E-state index in [-0.39, 0.29) is 0 Å². The summed E-state index contributed by atoms with van der Waals surface area (Å²) < 4.78 is 0. The average molecular weight is 187 g/mol. The Morgan fingerprint density at radius 3 is 3.14 bits per heavy atom. The van der Waals surface area contributed by atoms with Crippen molar-refractivity contribution in [2.75, 3.05) is 18.0 Å². The molecule has 0 radical (unpaired) electrons. The molecular weight excluding hydrogens is 174 g/mol. The van der Waals surface area contributed by atoms with Crippen molar-refractivity contribution in [1.82, 2.24) is 4.98 Å². The molecule has 1 unspecified atom stereocenters. The van der Waals surface area contributed by atoms with Gasteiger partial charge in [-0.15, -0.1) is 0 Å². The molecule has 1 aliphatic heterocycles. The molecule has 1 atom stereocenters. The molecule has 0 N–H and O–H groups in total. The van der Waals surface area contributed by atoms with Crippen LogP contribution >= 0.6 is 0 Å². The summed E-state index contributed by atoms with van der Waals surface area (Å²) in [6, 6.07) is 5.73. The Labute approximate surface area is 84.0 Å². The second-order valence-electron chi connectivity index (χ2n) is 3.85. The van der Waals surface area contributed by atoms with Crippen LogP contribution in [0.15, 0.2) is 18.3 Å². The van der Waals surface area contributed by atoms with Crippen molar-refractivity contribution in [2.24, 2.45) is 5.92 Å². The zero-order valence-corrected chi connectivity index (χ0v) is 8.27. The first-order valence-electron chi connectivity index (χ1n) is 4.90. The van der Waals surface area contributed by atoms with Gasteiger partial charge in [0.05, 0.1) is 11.6 Å². The van der Waals surface area contributed by atoms with Gasteiger partial charge in [0.25, 0.3) is 0 Å². The van der Waals surface area contributed by atoms with Crippen molar-refractivity contribution in [3.05, 3.63) is 23.9 Å². The highest BCUT2D eigenvalue weighted by atomic mass is 15.2. The fraction of sp³-hybridized carbons (Fsp3) is 0.455. The summed E-state index contributed by atoms with van der Waals surface area (Å²) >= 11 is 0. The maximum atomic E-state index is 8.76. The molecule has 0 bridgehead atoms. The Balaban J connectivity index is 2.20. The zero-order valence-electron chi connectivity index (χ0n) is 8.27. The summed E-state index contributed by atoms with van der Waals surface area (Å²) in [5.41, 5.74) is 0.689. The first-order valence-corrected chi connectivity index (χ1v) is 4.90. The summed E-state index contributed by atoms with van der Waals surface area (Å²) in [4.78, 5) is 6.52. The zero-order chi connectivity index (χ0) is 9.97. The molecule has 2 heterocycles. The van der Waals surface area contributed by atoms with Crippen LogP contribution in [0.4, 0.5) is 5.82 Å². The number of rotatable bonds is 1. The maximum Gasteiger partial charge on any atom is 0.129 e. The maximum absolute atomic E-state index is 8.76. The van der Waals surface area contributed by atoms with E-state index in [2.05, 4.69) is 22.9 Å². The first kappa shape index (κ1) is 9.01. The lowest BCUT2D eigenvalue weighted by atomic mass is 10.2. The van der Waals surface area contributed by atoms with E-state index in [0.29, 0.717) is 5.56 Å². The molecule has 1 saturated heterocycles. The van der Waals surface area contributed by atoms with Crippen LogP contribution in [-0.4, -0.2) is 18.1 Å². The topological polar surface area (TPSA) is 39.9 Å². The molecule has 1 aromatic rings. The summed E-state index contributed by atoms with van der Waals surface area (Å²) in [6.07, 6.45) is 2.93. The van der Waals surface area contributed by atoms with Gasteiger partial charge in [0.2, 0.25) is 0 Å². The van der Waals surface area contributed by atoms with E-state index in [1.54, 1.807) is 12.3 Å². The Morgan fingerprint density at radius 1 is 1.64 bits per heavy atom. The number of aromatic nitrogens is 1. The molecule has 14 heavy (non-hydrogen) atoms. The molecule has 0 aliphatic carbocycles. The molecule has 1 aliphatic rings. The van der Waals surface area contributed by atoms with Gasteiger partial charge in [0.15, 0.2) is 0 Å². The fourth-order valence-corrected chi connectivity index (χ4v) is 1.80. The van der Waals surface area contributed by atoms with Gasteiger partial charge >= 0.3 is 0 Å². The SMILES string of the molecule is CC1CCN(c2cc(C#N)ccn2)C1. The third kappa shape index (κ3) is 1.69. The Morgan fingerprint density at radius 2 is 2.50 bits per heavy atom. The van der Waals surface area contributed by atoms with Crippen LogP contribution in [0.25, 0.3) is 0 Å². The summed E-state index contributed by atoms with van der Waals surface area (Å²) in [7, 11) is 0. The second kappa shape index (κ2) is 3.67. The van der Waals surface area contributed by atoms with Crippen molar-refractivity contribution in [2.45, 2.75) is 13.3 Å². The minimum atomic E-state index is 0.689. The third-order valence-electron chi connectivity index (χ3n) is 2.62. The summed E-state index contributed by atoms with van der Waals surface area (Å²) in [6.45, 7) is 4.36. The molecule has 72 valence electrons. The van der Waals surface area contributed by atoms with Crippen LogP contribution in [0.3, 0.4) is 0 Å². The Bertz CT molecular complexity index is 367. The highest BCUT2D eigenvalue weighted by molar-refractivity contribution is 5.45. The lowest BCUT2D eigenvalue weighted by Crippen LogP contribution is -2.20. The normalized spacial score (nSPS) is 20.9. The lowest BCUT2D eigenvalue weighted by Gasteiger charge is -2.16. The first-order chi connectivity index (χ1) is 6.79. The van der Waals surface area contributed by atoms with Crippen LogP contribution in [-0.2, 0) is 0 Å². The predicted octanol–water partition coefficient (Wildman–Crippen LogP) is 1.80. The van der Waals surface area contributed by atoms with Gasteiger partial charge in [0.1, 0.15) is 5.82 Å². The van der Waals surface area contributed by atoms with Crippen LogP contribution in [0, 0.1) is 17.2 Å². The van der Waals surface area contributed by atoms with Gasteiger partial charge in [-0.1, -0.05) is 6.92 Å². The average Bonchev–Trinajstić information content (AvgIpc) is 2.65. The molecule has 0 spiro atoms. The highest BCUT2D eigenvalue weighted by Gasteiger charge is 2.19. The number of hydrogen-bond acceptors (Lipinski definition) is 3. The van der Waals surface area contributed by atoms with E-state index >= 15 is 0 Å². The molecule has 3 heteroatoms. The molecule has 0 aromatic carbocycles. The smallest absolute Gasteiger partial charge is 0.129 e. The molecule has 1 fully saturated rings. The predicted molar refractivity (Wildman–Crippen MR) is 54.9 cm³/mol. The van der Waals surface area contributed by atoms with Crippen LogP contribution < -0.4 is 4.90 Å². The van der Waals surface area contributed by atoms with Crippen LogP contribution in [0.5, 0.6) is 0 Å². The number of nitriles is 1. The molecule has 0 amide bonds. The molecule has 1 aromatic heterocycles. The number of nitrogens with zero attached hydrogens (tertiary/aromatic N) is 3. The highest BCUT2D eigenvalue weighted by Crippen LogP contribution is 2.21. The Hall–Kier alpha value is -1.56. The van der Waals surface area contributed by atoms with E-state index in [1.807, 2.05) is 6.07 Å². The van der Waals surface area contributed by atoms with Crippen molar-refractivity contribution >= 4 is 5.82 Å². The molecule has 3 nitrogen and oxygen atoms in total. The van der Waals surface area contributed by atoms with E-state index < -0.39 is 0 Å². The monoisotopic (exact) mass is 187 g/mol. The van der Waals surface area contributed by atoms with Gasteiger partial charge in [-0.2, -0.15) is 5.26 Å².